The van der Waals surface area contributed by atoms with Crippen LogP contribution in [-0.4, -0.2) is 25.1 Å². The lowest BCUT2D eigenvalue weighted by molar-refractivity contribution is -0.127. The van der Waals surface area contributed by atoms with Gasteiger partial charge in [0, 0.05) is 17.5 Å². The number of hydrogen-bond donors (Lipinski definition) is 2. The van der Waals surface area contributed by atoms with E-state index in [1.807, 2.05) is 18.2 Å². The van der Waals surface area contributed by atoms with Crippen molar-refractivity contribution in [1.82, 2.24) is 10.6 Å². The summed E-state index contributed by atoms with van der Waals surface area (Å²) in [4.78, 5) is 12.9. The monoisotopic (exact) mass is 382 g/mol. The average molecular weight is 383 g/mol. The number of benzene rings is 1. The molecule has 26 heavy (non-hydrogen) atoms. The number of rotatable bonds is 8. The second-order valence-corrected chi connectivity index (χ2v) is 7.65. The Labute approximate surface area is 164 Å². The minimum absolute atomic E-state index is 0. The van der Waals surface area contributed by atoms with Crippen molar-refractivity contribution in [3.63, 3.8) is 0 Å². The molecule has 1 saturated heterocycles. The quantitative estimate of drug-likeness (QED) is 0.696. The third-order valence-corrected chi connectivity index (χ3v) is 4.77. The molecule has 4 nitrogen and oxygen atoms in total. The van der Waals surface area contributed by atoms with Crippen LogP contribution in [0.1, 0.15) is 65.0 Å². The fraction of sp³-hybridized carbons (Fsp3) is 0.667. The molecule has 1 amide bonds. The van der Waals surface area contributed by atoms with Crippen molar-refractivity contribution in [3.8, 4) is 5.75 Å². The predicted octanol–water partition coefficient (Wildman–Crippen LogP) is 4.49. The van der Waals surface area contributed by atoms with E-state index >= 15 is 0 Å². The van der Waals surface area contributed by atoms with Gasteiger partial charge in [-0.25, -0.2) is 0 Å². The Morgan fingerprint density at radius 2 is 2.08 bits per heavy atom. The molecule has 1 aliphatic rings. The first-order valence-electron chi connectivity index (χ1n) is 9.76. The highest BCUT2D eigenvalue weighted by molar-refractivity contribution is 5.85. The lowest BCUT2D eigenvalue weighted by Gasteiger charge is -2.30. The molecule has 0 aliphatic carbocycles. The summed E-state index contributed by atoms with van der Waals surface area (Å²) < 4.78 is 5.93. The summed E-state index contributed by atoms with van der Waals surface area (Å²) in [6.45, 7) is 10.3. The van der Waals surface area contributed by atoms with E-state index in [9.17, 15) is 4.79 Å². The summed E-state index contributed by atoms with van der Waals surface area (Å²) in [5.74, 6) is 1.68. The van der Waals surface area contributed by atoms with E-state index in [4.69, 9.17) is 4.74 Å². The summed E-state index contributed by atoms with van der Waals surface area (Å²) >= 11 is 0. The largest absolute Gasteiger partial charge is 0.493 e. The number of para-hydroxylation sites is 1. The van der Waals surface area contributed by atoms with Crippen molar-refractivity contribution < 1.29 is 9.53 Å². The normalized spacial score (nSPS) is 21.0. The van der Waals surface area contributed by atoms with Gasteiger partial charge in [0.1, 0.15) is 5.75 Å². The van der Waals surface area contributed by atoms with Gasteiger partial charge in [-0.15, -0.1) is 12.4 Å². The summed E-state index contributed by atoms with van der Waals surface area (Å²) in [7, 11) is 0. The van der Waals surface area contributed by atoms with E-state index in [0.29, 0.717) is 18.6 Å². The first kappa shape index (κ1) is 22.8. The van der Waals surface area contributed by atoms with E-state index in [-0.39, 0.29) is 30.3 Å². The highest BCUT2D eigenvalue weighted by Crippen LogP contribution is 2.30. The molecule has 0 saturated carbocycles. The van der Waals surface area contributed by atoms with E-state index in [2.05, 4.69) is 44.4 Å². The zero-order valence-corrected chi connectivity index (χ0v) is 17.4. The molecule has 3 atom stereocenters. The fourth-order valence-electron chi connectivity index (χ4n) is 3.51. The molecule has 1 aromatic rings. The number of nitrogens with one attached hydrogen (secondary N) is 2. The van der Waals surface area contributed by atoms with Crippen LogP contribution in [0.25, 0.3) is 0 Å². The van der Waals surface area contributed by atoms with Crippen LogP contribution in [-0.2, 0) is 4.79 Å². The minimum Gasteiger partial charge on any atom is -0.493 e. The van der Waals surface area contributed by atoms with Gasteiger partial charge < -0.3 is 15.4 Å². The van der Waals surface area contributed by atoms with Crippen molar-refractivity contribution >= 4 is 18.3 Å². The van der Waals surface area contributed by atoms with Crippen LogP contribution < -0.4 is 15.4 Å². The van der Waals surface area contributed by atoms with Crippen molar-refractivity contribution in [2.24, 2.45) is 11.8 Å². The van der Waals surface area contributed by atoms with Gasteiger partial charge in [0.15, 0.2) is 0 Å². The maximum Gasteiger partial charge on any atom is 0.223 e. The van der Waals surface area contributed by atoms with Crippen LogP contribution in [0.4, 0.5) is 0 Å². The Balaban J connectivity index is 0.00000338. The SMILES string of the molecule is CCCOc1ccccc1C(CC(C)C)NC(=O)[C@H]1CCN[C@@H](C)C1.Cl. The highest BCUT2D eigenvalue weighted by atomic mass is 35.5. The molecule has 0 spiro atoms. The lowest BCUT2D eigenvalue weighted by atomic mass is 9.90. The molecular weight excluding hydrogens is 348 g/mol. The number of carbonyl (C=O) groups is 1. The van der Waals surface area contributed by atoms with Gasteiger partial charge in [-0.05, 0) is 51.1 Å². The average Bonchev–Trinajstić information content (AvgIpc) is 2.59. The Morgan fingerprint density at radius 1 is 1.35 bits per heavy atom. The van der Waals surface area contributed by atoms with Crippen LogP contribution in [0, 0.1) is 11.8 Å². The van der Waals surface area contributed by atoms with E-state index in [1.54, 1.807) is 0 Å². The Bertz CT molecular complexity index is 551. The number of halogens is 1. The van der Waals surface area contributed by atoms with Gasteiger partial charge in [0.2, 0.25) is 5.91 Å². The summed E-state index contributed by atoms with van der Waals surface area (Å²) in [5.41, 5.74) is 1.10. The number of piperidine rings is 1. The molecule has 5 heteroatoms. The molecule has 1 aliphatic heterocycles. The third kappa shape index (κ3) is 6.81. The maximum atomic E-state index is 12.9. The minimum atomic E-state index is 0. The Morgan fingerprint density at radius 3 is 2.73 bits per heavy atom. The van der Waals surface area contributed by atoms with Crippen molar-refractivity contribution in [3.05, 3.63) is 29.8 Å². The van der Waals surface area contributed by atoms with Crippen LogP contribution in [0.15, 0.2) is 24.3 Å². The molecule has 1 heterocycles. The first-order chi connectivity index (χ1) is 12.0. The highest BCUT2D eigenvalue weighted by Gasteiger charge is 2.28. The molecule has 0 aromatic heterocycles. The van der Waals surface area contributed by atoms with Gasteiger partial charge in [0.25, 0.3) is 0 Å². The number of amides is 1. The van der Waals surface area contributed by atoms with Crippen molar-refractivity contribution in [1.29, 1.82) is 0 Å². The van der Waals surface area contributed by atoms with Crippen LogP contribution in [0.5, 0.6) is 5.75 Å². The van der Waals surface area contributed by atoms with Crippen LogP contribution in [0.2, 0.25) is 0 Å². The Kier molecular flexibility index (Phi) is 10.0. The molecule has 1 fully saturated rings. The molecular formula is C21H35ClN2O2. The molecule has 0 radical (unpaired) electrons. The van der Waals surface area contributed by atoms with Crippen molar-refractivity contribution in [2.75, 3.05) is 13.2 Å². The van der Waals surface area contributed by atoms with Crippen LogP contribution in [0.3, 0.4) is 0 Å². The van der Waals surface area contributed by atoms with Gasteiger partial charge in [-0.3, -0.25) is 4.79 Å². The zero-order chi connectivity index (χ0) is 18.2. The summed E-state index contributed by atoms with van der Waals surface area (Å²) in [5, 5.41) is 6.74. The predicted molar refractivity (Wildman–Crippen MR) is 110 cm³/mol. The van der Waals surface area contributed by atoms with Gasteiger partial charge >= 0.3 is 0 Å². The van der Waals surface area contributed by atoms with Gasteiger partial charge in [-0.2, -0.15) is 0 Å². The smallest absolute Gasteiger partial charge is 0.223 e. The van der Waals surface area contributed by atoms with Gasteiger partial charge in [-0.1, -0.05) is 39.0 Å². The molecule has 0 bridgehead atoms. The maximum absolute atomic E-state index is 12.9. The van der Waals surface area contributed by atoms with E-state index in [1.165, 1.54) is 0 Å². The van der Waals surface area contributed by atoms with Crippen LogP contribution >= 0.6 is 12.4 Å². The van der Waals surface area contributed by atoms with E-state index < -0.39 is 0 Å². The van der Waals surface area contributed by atoms with Crippen molar-refractivity contribution in [2.45, 2.75) is 65.5 Å². The Hall–Kier alpha value is -1.26. The van der Waals surface area contributed by atoms with E-state index in [0.717, 1.165) is 43.5 Å². The topological polar surface area (TPSA) is 50.4 Å². The lowest BCUT2D eigenvalue weighted by Crippen LogP contribution is -2.43. The summed E-state index contributed by atoms with van der Waals surface area (Å²) in [6.07, 6.45) is 3.72. The zero-order valence-electron chi connectivity index (χ0n) is 16.6. The number of carbonyl (C=O) groups excluding carboxylic acids is 1. The number of hydrogen-bond acceptors (Lipinski definition) is 3. The second kappa shape index (κ2) is 11.5. The molecule has 2 N–H and O–H groups in total. The second-order valence-electron chi connectivity index (χ2n) is 7.65. The molecule has 2 rings (SSSR count). The molecule has 1 unspecified atom stereocenters. The standard InChI is InChI=1S/C21H34N2O2.ClH/c1-5-12-25-20-9-7-6-8-18(20)19(13-15(2)3)23-21(24)17-10-11-22-16(4)14-17;/h6-9,15-17,19,22H,5,10-14H2,1-4H3,(H,23,24);1H/t16-,17-,19?;/m0./s1. The first-order valence-corrected chi connectivity index (χ1v) is 9.76. The summed E-state index contributed by atoms with van der Waals surface area (Å²) in [6, 6.07) is 8.54. The molecule has 148 valence electrons. The fourth-order valence-corrected chi connectivity index (χ4v) is 3.51. The number of ether oxygens (including phenoxy) is 1. The molecule has 1 aromatic carbocycles. The third-order valence-electron chi connectivity index (χ3n) is 4.77. The van der Waals surface area contributed by atoms with Gasteiger partial charge in [0.05, 0.1) is 12.6 Å².